The van der Waals surface area contributed by atoms with Gasteiger partial charge in [0.15, 0.2) is 0 Å². The molecular formula is C14H21BrO. The Hall–Kier alpha value is -0.340. The second kappa shape index (κ2) is 8.77. The molecule has 0 spiro atoms. The lowest BCUT2D eigenvalue weighted by Crippen LogP contribution is -2.06. The maximum absolute atomic E-state index is 5.70. The van der Waals surface area contributed by atoms with E-state index in [-0.39, 0.29) is 0 Å². The van der Waals surface area contributed by atoms with Crippen molar-refractivity contribution >= 4 is 15.9 Å². The zero-order chi connectivity index (χ0) is 11.6. The van der Waals surface area contributed by atoms with Crippen molar-refractivity contribution in [1.82, 2.24) is 0 Å². The van der Waals surface area contributed by atoms with Gasteiger partial charge in [-0.25, -0.2) is 0 Å². The molecule has 0 heterocycles. The van der Waals surface area contributed by atoms with Gasteiger partial charge in [-0.3, -0.25) is 0 Å². The van der Waals surface area contributed by atoms with Gasteiger partial charge in [0.2, 0.25) is 0 Å². The molecule has 16 heavy (non-hydrogen) atoms. The molecule has 1 aromatic rings. The normalized spacial score (nSPS) is 12.6. The van der Waals surface area contributed by atoms with Crippen molar-refractivity contribution in [2.24, 2.45) is 5.92 Å². The smallest absolute Gasteiger partial charge is 0.0717 e. The minimum absolute atomic E-state index is 0.669. The SMILES string of the molecule is CC(CCCCBr)COCc1ccccc1. The summed E-state index contributed by atoms with van der Waals surface area (Å²) >= 11 is 3.45. The molecule has 90 valence electrons. The number of hydrogen-bond donors (Lipinski definition) is 0. The maximum atomic E-state index is 5.70. The van der Waals surface area contributed by atoms with Crippen molar-refractivity contribution in [3.8, 4) is 0 Å². The van der Waals surface area contributed by atoms with Gasteiger partial charge in [0.1, 0.15) is 0 Å². The fourth-order valence-corrected chi connectivity index (χ4v) is 2.02. The molecule has 0 saturated heterocycles. The highest BCUT2D eigenvalue weighted by molar-refractivity contribution is 9.09. The number of hydrogen-bond acceptors (Lipinski definition) is 1. The second-order valence-corrected chi connectivity index (χ2v) is 5.08. The van der Waals surface area contributed by atoms with Crippen LogP contribution in [0.25, 0.3) is 0 Å². The van der Waals surface area contributed by atoms with Crippen molar-refractivity contribution in [2.45, 2.75) is 32.8 Å². The third-order valence-electron chi connectivity index (χ3n) is 2.59. The third kappa shape index (κ3) is 6.29. The van der Waals surface area contributed by atoms with Crippen molar-refractivity contribution < 1.29 is 4.74 Å². The van der Waals surface area contributed by atoms with E-state index in [0.29, 0.717) is 5.92 Å². The van der Waals surface area contributed by atoms with Gasteiger partial charge in [-0.2, -0.15) is 0 Å². The zero-order valence-electron chi connectivity index (χ0n) is 9.99. The Bertz CT molecular complexity index is 261. The summed E-state index contributed by atoms with van der Waals surface area (Å²) in [6.45, 7) is 3.88. The zero-order valence-corrected chi connectivity index (χ0v) is 11.6. The average Bonchev–Trinajstić information content (AvgIpc) is 2.31. The van der Waals surface area contributed by atoms with E-state index in [9.17, 15) is 0 Å². The molecule has 0 aliphatic rings. The van der Waals surface area contributed by atoms with Gasteiger partial charge in [-0.1, -0.05) is 59.6 Å². The van der Waals surface area contributed by atoms with E-state index < -0.39 is 0 Å². The third-order valence-corrected chi connectivity index (χ3v) is 3.16. The van der Waals surface area contributed by atoms with E-state index in [0.717, 1.165) is 18.5 Å². The molecular weight excluding hydrogens is 264 g/mol. The molecule has 0 saturated carbocycles. The molecule has 0 aliphatic carbocycles. The van der Waals surface area contributed by atoms with Crippen LogP contribution in [0.15, 0.2) is 30.3 Å². The molecule has 1 atom stereocenters. The Morgan fingerprint density at radius 1 is 1.19 bits per heavy atom. The Labute approximate surface area is 107 Å². The Balaban J connectivity index is 2.06. The summed E-state index contributed by atoms with van der Waals surface area (Å²) in [5, 5.41) is 1.12. The van der Waals surface area contributed by atoms with Gasteiger partial charge in [0.05, 0.1) is 6.61 Å². The molecule has 1 unspecified atom stereocenters. The van der Waals surface area contributed by atoms with Gasteiger partial charge in [-0.15, -0.1) is 0 Å². The predicted octanol–water partition coefficient (Wildman–Crippen LogP) is 4.40. The number of alkyl halides is 1. The minimum Gasteiger partial charge on any atom is -0.376 e. The highest BCUT2D eigenvalue weighted by atomic mass is 79.9. The quantitative estimate of drug-likeness (QED) is 0.508. The second-order valence-electron chi connectivity index (χ2n) is 4.29. The Morgan fingerprint density at radius 2 is 1.94 bits per heavy atom. The molecule has 1 aromatic carbocycles. The monoisotopic (exact) mass is 284 g/mol. The summed E-state index contributed by atoms with van der Waals surface area (Å²) in [6.07, 6.45) is 3.82. The molecule has 1 rings (SSSR count). The summed E-state index contributed by atoms with van der Waals surface area (Å²) in [5.74, 6) is 0.669. The Kier molecular flexibility index (Phi) is 7.52. The van der Waals surface area contributed by atoms with Crippen molar-refractivity contribution in [3.63, 3.8) is 0 Å². The van der Waals surface area contributed by atoms with Crippen LogP contribution in [0.1, 0.15) is 31.7 Å². The van der Waals surface area contributed by atoms with Gasteiger partial charge in [0, 0.05) is 11.9 Å². The summed E-state index contributed by atoms with van der Waals surface area (Å²) in [4.78, 5) is 0. The molecule has 0 aliphatic heterocycles. The Morgan fingerprint density at radius 3 is 2.62 bits per heavy atom. The summed E-state index contributed by atoms with van der Waals surface area (Å²) in [5.41, 5.74) is 1.26. The summed E-state index contributed by atoms with van der Waals surface area (Å²) in [7, 11) is 0. The van der Waals surface area contributed by atoms with Crippen LogP contribution in [0, 0.1) is 5.92 Å². The van der Waals surface area contributed by atoms with Crippen LogP contribution >= 0.6 is 15.9 Å². The number of benzene rings is 1. The molecule has 0 bridgehead atoms. The molecule has 1 nitrogen and oxygen atoms in total. The highest BCUT2D eigenvalue weighted by Crippen LogP contribution is 2.10. The maximum Gasteiger partial charge on any atom is 0.0717 e. The molecule has 2 heteroatoms. The summed E-state index contributed by atoms with van der Waals surface area (Å²) < 4.78 is 5.70. The summed E-state index contributed by atoms with van der Waals surface area (Å²) in [6, 6.07) is 10.4. The van der Waals surface area contributed by atoms with E-state index >= 15 is 0 Å². The molecule has 0 N–H and O–H groups in total. The molecule has 0 aromatic heterocycles. The van der Waals surface area contributed by atoms with Gasteiger partial charge in [-0.05, 0) is 24.3 Å². The first kappa shape index (κ1) is 13.7. The number of ether oxygens (including phenoxy) is 1. The van der Waals surface area contributed by atoms with E-state index in [1.165, 1.54) is 24.8 Å². The average molecular weight is 285 g/mol. The highest BCUT2D eigenvalue weighted by Gasteiger charge is 2.02. The van der Waals surface area contributed by atoms with Crippen LogP contribution < -0.4 is 0 Å². The van der Waals surface area contributed by atoms with E-state index in [1.807, 2.05) is 6.07 Å². The van der Waals surface area contributed by atoms with Crippen LogP contribution in [0.2, 0.25) is 0 Å². The van der Waals surface area contributed by atoms with Crippen LogP contribution in [0.3, 0.4) is 0 Å². The van der Waals surface area contributed by atoms with Crippen molar-refractivity contribution in [3.05, 3.63) is 35.9 Å². The molecule has 0 radical (unpaired) electrons. The lowest BCUT2D eigenvalue weighted by Gasteiger charge is -2.11. The lowest BCUT2D eigenvalue weighted by atomic mass is 10.1. The lowest BCUT2D eigenvalue weighted by molar-refractivity contribution is 0.0889. The van der Waals surface area contributed by atoms with Crippen LogP contribution in [-0.4, -0.2) is 11.9 Å². The first-order chi connectivity index (χ1) is 7.83. The van der Waals surface area contributed by atoms with E-state index in [1.54, 1.807) is 0 Å². The molecule has 0 fully saturated rings. The number of rotatable bonds is 8. The largest absolute Gasteiger partial charge is 0.376 e. The van der Waals surface area contributed by atoms with Gasteiger partial charge in [0.25, 0.3) is 0 Å². The van der Waals surface area contributed by atoms with E-state index in [2.05, 4.69) is 47.1 Å². The van der Waals surface area contributed by atoms with Crippen LogP contribution in [0.4, 0.5) is 0 Å². The fourth-order valence-electron chi connectivity index (χ4n) is 1.62. The first-order valence-corrected chi connectivity index (χ1v) is 7.12. The van der Waals surface area contributed by atoms with Crippen LogP contribution in [0.5, 0.6) is 0 Å². The number of unbranched alkanes of at least 4 members (excludes halogenated alkanes) is 1. The van der Waals surface area contributed by atoms with Gasteiger partial charge >= 0.3 is 0 Å². The van der Waals surface area contributed by atoms with Crippen LogP contribution in [-0.2, 0) is 11.3 Å². The van der Waals surface area contributed by atoms with Crippen molar-refractivity contribution in [1.29, 1.82) is 0 Å². The minimum atomic E-state index is 0.669. The number of halogens is 1. The van der Waals surface area contributed by atoms with Crippen molar-refractivity contribution in [2.75, 3.05) is 11.9 Å². The fraction of sp³-hybridized carbons (Fsp3) is 0.571. The topological polar surface area (TPSA) is 9.23 Å². The molecule has 0 amide bonds. The first-order valence-electron chi connectivity index (χ1n) is 6.00. The predicted molar refractivity (Wildman–Crippen MR) is 72.9 cm³/mol. The standard InChI is InChI=1S/C14H21BrO/c1-13(7-5-6-10-15)11-16-12-14-8-3-2-4-9-14/h2-4,8-9,13H,5-7,10-12H2,1H3. The van der Waals surface area contributed by atoms with Gasteiger partial charge < -0.3 is 4.74 Å². The van der Waals surface area contributed by atoms with E-state index in [4.69, 9.17) is 4.74 Å².